The van der Waals surface area contributed by atoms with E-state index < -0.39 is 0 Å². The van der Waals surface area contributed by atoms with Crippen molar-refractivity contribution >= 4 is 11.7 Å². The van der Waals surface area contributed by atoms with Gasteiger partial charge >= 0.3 is 0 Å². The highest BCUT2D eigenvalue weighted by atomic mass is 16.2. The zero-order valence-corrected chi connectivity index (χ0v) is 16.6. The molecule has 0 saturated carbocycles. The molecule has 2 aromatic heterocycles. The number of fused-ring (bicyclic) bond motifs is 2. The Kier molecular flexibility index (Phi) is 4.38. The number of likely N-dealkylation sites (tertiary alicyclic amines) is 1. The first-order chi connectivity index (χ1) is 14.6. The first-order valence-corrected chi connectivity index (χ1v) is 10.3. The molecule has 1 spiro atoms. The Bertz CT molecular complexity index is 1150. The van der Waals surface area contributed by atoms with Gasteiger partial charge in [-0.1, -0.05) is 30.3 Å². The number of hydrogen-bond donors (Lipinski definition) is 2. The second-order valence-electron chi connectivity index (χ2n) is 8.15. The molecule has 1 saturated heterocycles. The topological polar surface area (TPSA) is 105 Å². The fourth-order valence-corrected chi connectivity index (χ4v) is 4.72. The van der Waals surface area contributed by atoms with E-state index in [4.69, 9.17) is 10.7 Å². The molecule has 5 rings (SSSR count). The Labute approximate surface area is 174 Å². The predicted molar refractivity (Wildman–Crippen MR) is 114 cm³/mol. The number of nitrogens with zero attached hydrogens (tertiary/aromatic N) is 3. The van der Waals surface area contributed by atoms with Gasteiger partial charge in [-0.25, -0.2) is 9.97 Å². The quantitative estimate of drug-likeness (QED) is 0.687. The summed E-state index contributed by atoms with van der Waals surface area (Å²) in [6, 6.07) is 13.1. The number of aromatic amines is 1. The van der Waals surface area contributed by atoms with Crippen LogP contribution in [0.15, 0.2) is 53.5 Å². The van der Waals surface area contributed by atoms with Crippen molar-refractivity contribution < 1.29 is 4.79 Å². The number of nitrogens with two attached hydrogens (primary N) is 1. The SMILES string of the molecule is Nc1ccc(C(=O)N2CCC3(CCc4c3nc(-c3ccccc3)[nH]c4=O)CC2)cn1. The number of hydrogen-bond acceptors (Lipinski definition) is 5. The van der Waals surface area contributed by atoms with E-state index in [1.54, 1.807) is 12.1 Å². The van der Waals surface area contributed by atoms with E-state index in [-0.39, 0.29) is 16.9 Å². The summed E-state index contributed by atoms with van der Waals surface area (Å²) in [5.74, 6) is 0.990. The van der Waals surface area contributed by atoms with E-state index in [2.05, 4.69) is 9.97 Å². The Morgan fingerprint density at radius 2 is 1.83 bits per heavy atom. The Morgan fingerprint density at radius 1 is 1.07 bits per heavy atom. The number of aromatic nitrogens is 3. The van der Waals surface area contributed by atoms with Crippen LogP contribution in [-0.4, -0.2) is 38.8 Å². The molecule has 30 heavy (non-hydrogen) atoms. The molecular weight excluding hydrogens is 378 g/mol. The van der Waals surface area contributed by atoms with Gasteiger partial charge in [0.05, 0.1) is 11.3 Å². The molecule has 1 aliphatic heterocycles. The van der Waals surface area contributed by atoms with Crippen LogP contribution < -0.4 is 11.3 Å². The van der Waals surface area contributed by atoms with Crippen LogP contribution in [0.4, 0.5) is 5.82 Å². The number of carbonyl (C=O) groups is 1. The van der Waals surface area contributed by atoms with Crippen LogP contribution in [0.25, 0.3) is 11.4 Å². The molecule has 1 aliphatic carbocycles. The summed E-state index contributed by atoms with van der Waals surface area (Å²) in [5, 5.41) is 0. The zero-order valence-electron chi connectivity index (χ0n) is 16.6. The maximum absolute atomic E-state index is 12.8. The van der Waals surface area contributed by atoms with Gasteiger partial charge in [-0.2, -0.15) is 0 Å². The van der Waals surface area contributed by atoms with Gasteiger partial charge in [0.1, 0.15) is 11.6 Å². The molecule has 3 aromatic rings. The van der Waals surface area contributed by atoms with Gasteiger partial charge in [0.25, 0.3) is 11.5 Å². The molecule has 3 heterocycles. The molecule has 152 valence electrons. The third kappa shape index (κ3) is 3.07. The van der Waals surface area contributed by atoms with E-state index in [0.717, 1.165) is 42.5 Å². The van der Waals surface area contributed by atoms with Crippen molar-refractivity contribution in [1.29, 1.82) is 0 Å². The minimum Gasteiger partial charge on any atom is -0.384 e. The smallest absolute Gasteiger partial charge is 0.255 e. The molecule has 7 heteroatoms. The lowest BCUT2D eigenvalue weighted by atomic mass is 9.76. The normalized spacial score (nSPS) is 17.1. The molecule has 1 amide bonds. The lowest BCUT2D eigenvalue weighted by Gasteiger charge is -2.39. The van der Waals surface area contributed by atoms with Gasteiger partial charge < -0.3 is 15.6 Å². The third-order valence-corrected chi connectivity index (χ3v) is 6.46. The second kappa shape index (κ2) is 7.09. The van der Waals surface area contributed by atoms with Crippen LogP contribution in [0.1, 0.15) is 40.9 Å². The number of carbonyl (C=O) groups excluding carboxylic acids is 1. The van der Waals surface area contributed by atoms with Crippen molar-refractivity contribution in [2.24, 2.45) is 0 Å². The highest BCUT2D eigenvalue weighted by Crippen LogP contribution is 2.44. The summed E-state index contributed by atoms with van der Waals surface area (Å²) >= 11 is 0. The van der Waals surface area contributed by atoms with Crippen LogP contribution in [0, 0.1) is 0 Å². The summed E-state index contributed by atoms with van der Waals surface area (Å²) in [5.41, 5.74) is 8.63. The van der Waals surface area contributed by atoms with Crippen LogP contribution in [0.2, 0.25) is 0 Å². The number of anilines is 1. The number of benzene rings is 1. The largest absolute Gasteiger partial charge is 0.384 e. The zero-order chi connectivity index (χ0) is 20.7. The summed E-state index contributed by atoms with van der Waals surface area (Å²) in [6.45, 7) is 1.27. The highest BCUT2D eigenvalue weighted by molar-refractivity contribution is 5.94. The maximum Gasteiger partial charge on any atom is 0.255 e. The van der Waals surface area contributed by atoms with Crippen molar-refractivity contribution in [1.82, 2.24) is 19.9 Å². The molecule has 1 fully saturated rings. The minimum absolute atomic E-state index is 0.0283. The fourth-order valence-electron chi connectivity index (χ4n) is 4.72. The van der Waals surface area contributed by atoms with Crippen LogP contribution in [-0.2, 0) is 11.8 Å². The number of nitrogen functional groups attached to an aromatic ring is 1. The average molecular weight is 401 g/mol. The fraction of sp³-hybridized carbons (Fsp3) is 0.304. The average Bonchev–Trinajstić information content (AvgIpc) is 3.13. The van der Waals surface area contributed by atoms with Crippen molar-refractivity contribution in [2.75, 3.05) is 18.8 Å². The Morgan fingerprint density at radius 3 is 2.53 bits per heavy atom. The van der Waals surface area contributed by atoms with E-state index in [0.29, 0.717) is 30.3 Å². The number of amides is 1. The standard InChI is InChI=1S/C23H23N5O2/c24-18-7-6-16(14-25-18)22(30)28-12-10-23(11-13-28)9-8-17-19(23)26-20(27-21(17)29)15-4-2-1-3-5-15/h1-7,14H,8-13H2,(H2,24,25)(H,26,27,29). The van der Waals surface area contributed by atoms with E-state index >= 15 is 0 Å². The van der Waals surface area contributed by atoms with Crippen molar-refractivity contribution in [3.8, 4) is 11.4 Å². The maximum atomic E-state index is 12.8. The lowest BCUT2D eigenvalue weighted by molar-refractivity contribution is 0.0663. The van der Waals surface area contributed by atoms with E-state index in [1.807, 2.05) is 35.2 Å². The molecule has 0 atom stereocenters. The van der Waals surface area contributed by atoms with Gasteiger partial charge in [0, 0.05) is 35.8 Å². The van der Waals surface area contributed by atoms with E-state index in [1.165, 1.54) is 6.20 Å². The number of nitrogens with one attached hydrogen (secondary N) is 1. The molecule has 0 bridgehead atoms. The van der Waals surface area contributed by atoms with Gasteiger partial charge in [0.15, 0.2) is 0 Å². The molecule has 0 unspecified atom stereocenters. The minimum atomic E-state index is -0.136. The van der Waals surface area contributed by atoms with Gasteiger partial charge in [-0.3, -0.25) is 9.59 Å². The molecule has 0 radical (unpaired) electrons. The van der Waals surface area contributed by atoms with Gasteiger partial charge in [-0.05, 0) is 37.8 Å². The first kappa shape index (κ1) is 18.5. The number of piperidine rings is 1. The van der Waals surface area contributed by atoms with Crippen LogP contribution in [0.3, 0.4) is 0 Å². The third-order valence-electron chi connectivity index (χ3n) is 6.46. The molecular formula is C23H23N5O2. The lowest BCUT2D eigenvalue weighted by Crippen LogP contribution is -2.45. The predicted octanol–water partition coefficient (Wildman–Crippen LogP) is 2.53. The van der Waals surface area contributed by atoms with Crippen molar-refractivity contribution in [3.63, 3.8) is 0 Å². The highest BCUT2D eigenvalue weighted by Gasteiger charge is 2.44. The monoisotopic (exact) mass is 401 g/mol. The van der Waals surface area contributed by atoms with Gasteiger partial charge in [0.2, 0.25) is 0 Å². The molecule has 1 aromatic carbocycles. The molecule has 7 nitrogen and oxygen atoms in total. The Balaban J connectivity index is 1.41. The number of rotatable bonds is 2. The summed E-state index contributed by atoms with van der Waals surface area (Å²) < 4.78 is 0. The summed E-state index contributed by atoms with van der Waals surface area (Å²) in [4.78, 5) is 39.3. The molecule has 2 aliphatic rings. The van der Waals surface area contributed by atoms with Crippen LogP contribution in [0.5, 0.6) is 0 Å². The van der Waals surface area contributed by atoms with Crippen molar-refractivity contribution in [3.05, 3.63) is 75.8 Å². The summed E-state index contributed by atoms with van der Waals surface area (Å²) in [7, 11) is 0. The van der Waals surface area contributed by atoms with E-state index in [9.17, 15) is 9.59 Å². The van der Waals surface area contributed by atoms with Crippen LogP contribution >= 0.6 is 0 Å². The number of H-pyrrole nitrogens is 1. The second-order valence-corrected chi connectivity index (χ2v) is 8.15. The Hall–Kier alpha value is -3.48. The number of pyridine rings is 1. The van der Waals surface area contributed by atoms with Gasteiger partial charge in [-0.15, -0.1) is 0 Å². The summed E-state index contributed by atoms with van der Waals surface area (Å²) in [6.07, 6.45) is 4.78. The molecule has 3 N–H and O–H groups in total. The van der Waals surface area contributed by atoms with Crippen molar-refractivity contribution in [2.45, 2.75) is 31.1 Å². The first-order valence-electron chi connectivity index (χ1n) is 10.3.